The molecular weight excluding hydrogens is 282 g/mol. The maximum absolute atomic E-state index is 9.09. The van der Waals surface area contributed by atoms with Gasteiger partial charge in [-0.2, -0.15) is 0 Å². The normalized spacial score (nSPS) is 17.6. The Kier molecular flexibility index (Phi) is 5.04. The fourth-order valence-corrected chi connectivity index (χ4v) is 4.03. The molecule has 0 bridgehead atoms. The first kappa shape index (κ1) is 14.7. The van der Waals surface area contributed by atoms with Gasteiger partial charge in [0.15, 0.2) is 0 Å². The summed E-state index contributed by atoms with van der Waals surface area (Å²) >= 11 is 1.65. The summed E-state index contributed by atoms with van der Waals surface area (Å²) in [6, 6.07) is 2.66. The van der Waals surface area contributed by atoms with Crippen molar-refractivity contribution in [2.24, 2.45) is 0 Å². The molecule has 0 aromatic carbocycles. The second-order valence-corrected chi connectivity index (χ2v) is 6.93. The monoisotopic (exact) mass is 305 g/mol. The van der Waals surface area contributed by atoms with Crippen molar-refractivity contribution in [3.8, 4) is 0 Å². The van der Waals surface area contributed by atoms with E-state index in [0.29, 0.717) is 12.5 Å². The van der Waals surface area contributed by atoms with Crippen LogP contribution < -0.4 is 5.32 Å². The van der Waals surface area contributed by atoms with E-state index in [4.69, 9.17) is 5.11 Å². The third kappa shape index (κ3) is 3.71. The van der Waals surface area contributed by atoms with Crippen LogP contribution in [0.3, 0.4) is 0 Å². The van der Waals surface area contributed by atoms with E-state index in [1.807, 2.05) is 0 Å². The number of thiophene rings is 1. The van der Waals surface area contributed by atoms with Gasteiger partial charge in [-0.1, -0.05) is 32.1 Å². The van der Waals surface area contributed by atoms with Gasteiger partial charge in [0.25, 0.3) is 0 Å². The van der Waals surface area contributed by atoms with Crippen LogP contribution in [0.4, 0.5) is 5.82 Å². The number of aliphatic hydroxyl groups excluding tert-OH is 1. The van der Waals surface area contributed by atoms with Gasteiger partial charge >= 0.3 is 0 Å². The van der Waals surface area contributed by atoms with E-state index in [1.54, 1.807) is 17.7 Å². The first-order valence-corrected chi connectivity index (χ1v) is 8.79. The Morgan fingerprint density at radius 3 is 2.67 bits per heavy atom. The molecule has 4 nitrogen and oxygen atoms in total. The van der Waals surface area contributed by atoms with Crippen LogP contribution in [0, 0.1) is 0 Å². The Balaban J connectivity index is 1.78. The maximum atomic E-state index is 9.09. The van der Waals surface area contributed by atoms with E-state index >= 15 is 0 Å². The Bertz CT molecular complexity index is 576. The van der Waals surface area contributed by atoms with Gasteiger partial charge in [0.1, 0.15) is 17.0 Å². The van der Waals surface area contributed by atoms with Crippen molar-refractivity contribution in [2.45, 2.75) is 57.4 Å². The molecule has 1 fully saturated rings. The van der Waals surface area contributed by atoms with Crippen LogP contribution in [-0.2, 0) is 6.42 Å². The van der Waals surface area contributed by atoms with Crippen LogP contribution >= 0.6 is 11.3 Å². The SMILES string of the molecule is OCCc1cc2c(NC3CCCCCCC3)ncnc2s1. The molecule has 3 rings (SSSR count). The lowest BCUT2D eigenvalue weighted by molar-refractivity contribution is 0.300. The van der Waals surface area contributed by atoms with Gasteiger partial charge in [0.05, 0.1) is 5.39 Å². The quantitative estimate of drug-likeness (QED) is 0.903. The summed E-state index contributed by atoms with van der Waals surface area (Å²) in [7, 11) is 0. The van der Waals surface area contributed by atoms with Crippen molar-refractivity contribution in [3.63, 3.8) is 0 Å². The second-order valence-electron chi connectivity index (χ2n) is 5.81. The summed E-state index contributed by atoms with van der Waals surface area (Å²) in [4.78, 5) is 11.0. The van der Waals surface area contributed by atoms with E-state index in [9.17, 15) is 0 Å². The van der Waals surface area contributed by atoms with Crippen molar-refractivity contribution < 1.29 is 5.11 Å². The molecular formula is C16H23N3OS. The number of aromatic nitrogens is 2. The van der Waals surface area contributed by atoms with Crippen LogP contribution in [0.1, 0.15) is 49.8 Å². The minimum absolute atomic E-state index is 0.186. The average molecular weight is 305 g/mol. The number of hydrogen-bond donors (Lipinski definition) is 2. The molecule has 0 unspecified atom stereocenters. The van der Waals surface area contributed by atoms with Crippen molar-refractivity contribution in [1.29, 1.82) is 0 Å². The van der Waals surface area contributed by atoms with Gasteiger partial charge in [-0.25, -0.2) is 9.97 Å². The van der Waals surface area contributed by atoms with Gasteiger partial charge < -0.3 is 10.4 Å². The lowest BCUT2D eigenvalue weighted by Gasteiger charge is -2.21. The van der Waals surface area contributed by atoms with Crippen LogP contribution in [0.25, 0.3) is 10.2 Å². The predicted octanol–water partition coefficient (Wildman–Crippen LogP) is 3.75. The fourth-order valence-electron chi connectivity index (χ4n) is 3.05. The molecule has 1 saturated carbocycles. The van der Waals surface area contributed by atoms with E-state index in [2.05, 4.69) is 21.4 Å². The Morgan fingerprint density at radius 2 is 1.90 bits per heavy atom. The second kappa shape index (κ2) is 7.18. The van der Waals surface area contributed by atoms with Crippen molar-refractivity contribution in [2.75, 3.05) is 11.9 Å². The minimum atomic E-state index is 0.186. The highest BCUT2D eigenvalue weighted by Gasteiger charge is 2.14. The standard InChI is InChI=1S/C16H23N3OS/c20-9-8-13-10-14-15(17-11-18-16(14)21-13)19-12-6-4-2-1-3-5-7-12/h10-12,20H,1-9H2,(H,17,18,19). The highest BCUT2D eigenvalue weighted by molar-refractivity contribution is 7.18. The summed E-state index contributed by atoms with van der Waals surface area (Å²) in [6.07, 6.45) is 11.5. The fraction of sp³-hybridized carbons (Fsp3) is 0.625. The summed E-state index contributed by atoms with van der Waals surface area (Å²) < 4.78 is 0. The molecule has 2 N–H and O–H groups in total. The molecule has 0 radical (unpaired) electrons. The zero-order chi connectivity index (χ0) is 14.5. The number of aliphatic hydroxyl groups is 1. The van der Waals surface area contributed by atoms with E-state index in [1.165, 1.54) is 49.8 Å². The van der Waals surface area contributed by atoms with E-state index in [0.717, 1.165) is 16.0 Å². The van der Waals surface area contributed by atoms with Crippen LogP contribution in [0.2, 0.25) is 0 Å². The summed E-state index contributed by atoms with van der Waals surface area (Å²) in [5.74, 6) is 0.964. The zero-order valence-corrected chi connectivity index (χ0v) is 13.2. The lowest BCUT2D eigenvalue weighted by atomic mass is 9.97. The number of fused-ring (bicyclic) bond motifs is 1. The third-order valence-corrected chi connectivity index (χ3v) is 5.29. The number of rotatable bonds is 4. The zero-order valence-electron chi connectivity index (χ0n) is 12.3. The van der Waals surface area contributed by atoms with Crippen LogP contribution in [0.15, 0.2) is 12.4 Å². The summed E-state index contributed by atoms with van der Waals surface area (Å²) in [6.45, 7) is 0.186. The number of anilines is 1. The molecule has 1 aliphatic carbocycles. The molecule has 5 heteroatoms. The minimum Gasteiger partial charge on any atom is -0.396 e. The third-order valence-electron chi connectivity index (χ3n) is 4.18. The molecule has 0 amide bonds. The summed E-state index contributed by atoms with van der Waals surface area (Å²) in [5, 5.41) is 13.8. The molecule has 0 saturated heterocycles. The smallest absolute Gasteiger partial charge is 0.138 e. The molecule has 2 heterocycles. The maximum Gasteiger partial charge on any atom is 0.138 e. The molecule has 0 atom stereocenters. The summed E-state index contributed by atoms with van der Waals surface area (Å²) in [5.41, 5.74) is 0. The largest absolute Gasteiger partial charge is 0.396 e. The molecule has 21 heavy (non-hydrogen) atoms. The topological polar surface area (TPSA) is 58.0 Å². The molecule has 1 aliphatic rings. The van der Waals surface area contributed by atoms with Crippen LogP contribution in [0.5, 0.6) is 0 Å². The van der Waals surface area contributed by atoms with Gasteiger partial charge in [-0.3, -0.25) is 0 Å². The van der Waals surface area contributed by atoms with Crippen molar-refractivity contribution in [3.05, 3.63) is 17.3 Å². The number of nitrogens with zero attached hydrogens (tertiary/aromatic N) is 2. The first-order chi connectivity index (χ1) is 10.4. The van der Waals surface area contributed by atoms with Crippen molar-refractivity contribution in [1.82, 2.24) is 9.97 Å². The highest BCUT2D eigenvalue weighted by Crippen LogP contribution is 2.30. The molecule has 2 aromatic heterocycles. The van der Waals surface area contributed by atoms with E-state index < -0.39 is 0 Å². The highest BCUT2D eigenvalue weighted by atomic mass is 32.1. The van der Waals surface area contributed by atoms with Gasteiger partial charge in [0.2, 0.25) is 0 Å². The van der Waals surface area contributed by atoms with Crippen LogP contribution in [-0.4, -0.2) is 27.7 Å². The van der Waals surface area contributed by atoms with Crippen molar-refractivity contribution >= 4 is 27.4 Å². The van der Waals surface area contributed by atoms with Gasteiger partial charge in [0, 0.05) is 23.9 Å². The molecule has 0 aliphatic heterocycles. The lowest BCUT2D eigenvalue weighted by Crippen LogP contribution is -2.21. The number of hydrogen-bond acceptors (Lipinski definition) is 5. The van der Waals surface area contributed by atoms with E-state index in [-0.39, 0.29) is 6.61 Å². The molecule has 114 valence electrons. The average Bonchev–Trinajstić information content (AvgIpc) is 2.85. The van der Waals surface area contributed by atoms with Gasteiger partial charge in [-0.15, -0.1) is 11.3 Å². The number of nitrogens with one attached hydrogen (secondary N) is 1. The first-order valence-electron chi connectivity index (χ1n) is 7.97. The predicted molar refractivity (Wildman–Crippen MR) is 87.9 cm³/mol. The van der Waals surface area contributed by atoms with Gasteiger partial charge in [-0.05, 0) is 18.9 Å². The Hall–Kier alpha value is -1.20. The molecule has 0 spiro atoms. The Morgan fingerprint density at radius 1 is 1.14 bits per heavy atom. The Labute approximate surface area is 129 Å². The molecule has 2 aromatic rings.